The molecule has 0 amide bonds. The number of hydrogen-bond donors (Lipinski definition) is 0. The molecule has 0 atom stereocenters. The highest BCUT2D eigenvalue weighted by molar-refractivity contribution is 5.98. The van der Waals surface area contributed by atoms with Crippen LogP contribution >= 0.6 is 0 Å². The van der Waals surface area contributed by atoms with Gasteiger partial charge in [0.05, 0.1) is 11.4 Å². The zero-order valence-corrected chi connectivity index (χ0v) is 12.9. The molecule has 23 heavy (non-hydrogen) atoms. The molecule has 1 aromatic heterocycles. The second-order valence-electron chi connectivity index (χ2n) is 5.83. The summed E-state index contributed by atoms with van der Waals surface area (Å²) in [6, 6.07) is 18.8. The number of nitrogens with zero attached hydrogens (tertiary/aromatic N) is 2. The molecule has 3 aromatic rings. The Labute approximate surface area is 136 Å². The molecule has 0 bridgehead atoms. The molecule has 0 unspecified atom stereocenters. The first-order chi connectivity index (χ1) is 11.4. The minimum absolute atomic E-state index is 0.999. The van der Waals surface area contributed by atoms with E-state index >= 15 is 0 Å². The van der Waals surface area contributed by atoms with Crippen LogP contribution in [0.5, 0.6) is 0 Å². The Hall–Kier alpha value is -2.74. The Morgan fingerprint density at radius 3 is 2.83 bits per heavy atom. The van der Waals surface area contributed by atoms with E-state index in [-0.39, 0.29) is 0 Å². The highest BCUT2D eigenvalue weighted by Gasteiger charge is 2.06. The normalized spacial score (nSPS) is 16.1. The summed E-state index contributed by atoms with van der Waals surface area (Å²) in [5.74, 6) is 0. The number of hydrogen-bond acceptors (Lipinski definition) is 2. The van der Waals surface area contributed by atoms with Crippen LogP contribution in [0.3, 0.4) is 0 Å². The van der Waals surface area contributed by atoms with Crippen LogP contribution < -0.4 is 0 Å². The van der Waals surface area contributed by atoms with Gasteiger partial charge in [0.25, 0.3) is 0 Å². The van der Waals surface area contributed by atoms with Crippen LogP contribution in [-0.4, -0.2) is 10.7 Å². The summed E-state index contributed by atoms with van der Waals surface area (Å²) >= 11 is 0. The molecule has 2 heteroatoms. The van der Waals surface area contributed by atoms with E-state index in [1.54, 1.807) is 0 Å². The Morgan fingerprint density at radius 1 is 0.957 bits per heavy atom. The van der Waals surface area contributed by atoms with Crippen molar-refractivity contribution in [3.63, 3.8) is 0 Å². The van der Waals surface area contributed by atoms with Gasteiger partial charge in [-0.2, -0.15) is 0 Å². The predicted octanol–water partition coefficient (Wildman–Crippen LogP) is 5.71. The maximum absolute atomic E-state index is 4.79. The van der Waals surface area contributed by atoms with Gasteiger partial charge in [0.1, 0.15) is 0 Å². The zero-order valence-electron chi connectivity index (χ0n) is 12.9. The smallest absolute Gasteiger partial charge is 0.0781 e. The Morgan fingerprint density at radius 2 is 1.91 bits per heavy atom. The zero-order chi connectivity index (χ0) is 15.5. The van der Waals surface area contributed by atoms with E-state index in [1.807, 2.05) is 6.20 Å². The summed E-state index contributed by atoms with van der Waals surface area (Å²) in [4.78, 5) is 9.39. The minimum atomic E-state index is 0.999. The van der Waals surface area contributed by atoms with Gasteiger partial charge in [0, 0.05) is 22.9 Å². The van der Waals surface area contributed by atoms with Gasteiger partial charge in [-0.05, 0) is 48.9 Å². The lowest BCUT2D eigenvalue weighted by molar-refractivity contribution is 0.879. The number of aromatic nitrogens is 1. The second kappa shape index (κ2) is 6.17. The fourth-order valence-electron chi connectivity index (χ4n) is 3.04. The van der Waals surface area contributed by atoms with E-state index in [4.69, 9.17) is 4.99 Å². The molecule has 0 N–H and O–H groups in total. The molecule has 2 nitrogen and oxygen atoms in total. The number of pyridine rings is 1. The highest BCUT2D eigenvalue weighted by Crippen LogP contribution is 2.29. The molecular formula is C21H18N2. The first-order valence-electron chi connectivity index (χ1n) is 8.08. The lowest BCUT2D eigenvalue weighted by Crippen LogP contribution is -1.97. The van der Waals surface area contributed by atoms with E-state index in [9.17, 15) is 0 Å². The van der Waals surface area contributed by atoms with Crippen LogP contribution in [0.4, 0.5) is 5.69 Å². The number of allylic oxidation sites excluding steroid dienone is 2. The van der Waals surface area contributed by atoms with Gasteiger partial charge in [-0.3, -0.25) is 9.98 Å². The molecule has 0 saturated carbocycles. The number of benzene rings is 2. The van der Waals surface area contributed by atoms with Crippen molar-refractivity contribution in [2.24, 2.45) is 4.99 Å². The third kappa shape index (κ3) is 2.93. The van der Waals surface area contributed by atoms with Crippen molar-refractivity contribution >= 4 is 22.2 Å². The fraction of sp³-hybridized carbons (Fsp3) is 0.143. The lowest BCUT2D eigenvalue weighted by Gasteiger charge is -2.08. The Kier molecular flexibility index (Phi) is 3.73. The van der Waals surface area contributed by atoms with Gasteiger partial charge in [0.15, 0.2) is 0 Å². The molecule has 1 aliphatic rings. The monoisotopic (exact) mass is 298 g/mol. The van der Waals surface area contributed by atoms with E-state index in [0.717, 1.165) is 23.4 Å². The van der Waals surface area contributed by atoms with Gasteiger partial charge in [-0.25, -0.2) is 0 Å². The van der Waals surface area contributed by atoms with Crippen LogP contribution in [0.25, 0.3) is 22.0 Å². The summed E-state index contributed by atoms with van der Waals surface area (Å²) in [5.41, 5.74) is 4.30. The molecule has 1 heterocycles. The lowest BCUT2D eigenvalue weighted by atomic mass is 10.0. The molecule has 0 fully saturated rings. The molecular weight excluding hydrogens is 280 g/mol. The van der Waals surface area contributed by atoms with Crippen molar-refractivity contribution in [1.29, 1.82) is 0 Å². The topological polar surface area (TPSA) is 25.2 Å². The molecule has 4 rings (SSSR count). The van der Waals surface area contributed by atoms with E-state index in [0.29, 0.717) is 0 Å². The van der Waals surface area contributed by atoms with Crippen molar-refractivity contribution < 1.29 is 0 Å². The number of rotatable bonds is 2. The van der Waals surface area contributed by atoms with Crippen molar-refractivity contribution in [2.45, 2.75) is 19.3 Å². The van der Waals surface area contributed by atoms with Crippen LogP contribution in [0.1, 0.15) is 19.3 Å². The van der Waals surface area contributed by atoms with Crippen molar-refractivity contribution in [3.05, 3.63) is 72.9 Å². The SMILES string of the molecule is C1=CC(=Nc2cccc(-c3nccc4ccccc34)c2)CCC1. The van der Waals surface area contributed by atoms with Gasteiger partial charge >= 0.3 is 0 Å². The van der Waals surface area contributed by atoms with Gasteiger partial charge in [-0.1, -0.05) is 42.5 Å². The van der Waals surface area contributed by atoms with Crippen LogP contribution in [0, 0.1) is 0 Å². The molecule has 0 radical (unpaired) electrons. The average Bonchev–Trinajstić information content (AvgIpc) is 2.62. The molecule has 112 valence electrons. The summed E-state index contributed by atoms with van der Waals surface area (Å²) < 4.78 is 0. The molecule has 1 aliphatic carbocycles. The summed E-state index contributed by atoms with van der Waals surface area (Å²) in [6.45, 7) is 0. The largest absolute Gasteiger partial charge is 0.256 e. The van der Waals surface area contributed by atoms with Crippen molar-refractivity contribution in [2.75, 3.05) is 0 Å². The van der Waals surface area contributed by atoms with Crippen LogP contribution in [-0.2, 0) is 0 Å². The minimum Gasteiger partial charge on any atom is -0.256 e. The maximum atomic E-state index is 4.79. The molecule has 0 spiro atoms. The van der Waals surface area contributed by atoms with Gasteiger partial charge in [-0.15, -0.1) is 0 Å². The number of fused-ring (bicyclic) bond motifs is 1. The average molecular weight is 298 g/mol. The highest BCUT2D eigenvalue weighted by atomic mass is 14.7. The Balaban J connectivity index is 1.79. The van der Waals surface area contributed by atoms with Gasteiger partial charge < -0.3 is 0 Å². The van der Waals surface area contributed by atoms with Gasteiger partial charge in [0.2, 0.25) is 0 Å². The molecule has 0 saturated heterocycles. The predicted molar refractivity (Wildman–Crippen MR) is 97.3 cm³/mol. The summed E-state index contributed by atoms with van der Waals surface area (Å²) in [5, 5.41) is 2.39. The standard InChI is InChI=1S/C21H18N2/c1-2-9-18(10-3-1)23-19-11-6-8-17(15-19)21-20-12-5-4-7-16(20)13-14-22-21/h2,4-9,11-15H,1,3,10H2. The first-order valence-corrected chi connectivity index (χ1v) is 8.08. The first kappa shape index (κ1) is 13.9. The Bertz CT molecular complexity index is 901. The van der Waals surface area contributed by atoms with Crippen molar-refractivity contribution in [3.8, 4) is 11.3 Å². The quantitative estimate of drug-likeness (QED) is 0.594. The molecule has 0 aliphatic heterocycles. The second-order valence-corrected chi connectivity index (χ2v) is 5.83. The third-order valence-electron chi connectivity index (χ3n) is 4.18. The number of aliphatic imine (C=N–C) groups is 1. The summed E-state index contributed by atoms with van der Waals surface area (Å²) in [6.07, 6.45) is 9.65. The van der Waals surface area contributed by atoms with E-state index < -0.39 is 0 Å². The van der Waals surface area contributed by atoms with Crippen LogP contribution in [0.2, 0.25) is 0 Å². The van der Waals surface area contributed by atoms with Crippen molar-refractivity contribution in [1.82, 2.24) is 4.98 Å². The van der Waals surface area contributed by atoms with Crippen LogP contribution in [0.15, 0.2) is 77.9 Å². The maximum Gasteiger partial charge on any atom is 0.0781 e. The van der Waals surface area contributed by atoms with E-state index in [2.05, 4.69) is 71.7 Å². The fourth-order valence-corrected chi connectivity index (χ4v) is 3.04. The summed E-state index contributed by atoms with van der Waals surface area (Å²) in [7, 11) is 0. The molecule has 2 aromatic carbocycles. The third-order valence-corrected chi connectivity index (χ3v) is 4.18. The van der Waals surface area contributed by atoms with E-state index in [1.165, 1.54) is 29.3 Å².